The van der Waals surface area contributed by atoms with Gasteiger partial charge in [0.2, 0.25) is 0 Å². The summed E-state index contributed by atoms with van der Waals surface area (Å²) in [7, 11) is 0. The Kier molecular flexibility index (Phi) is 5.05. The molecule has 0 saturated carbocycles. The molecule has 1 aromatic carbocycles. The molecule has 0 spiro atoms. The van der Waals surface area contributed by atoms with Gasteiger partial charge < -0.3 is 5.11 Å². The fourth-order valence-electron chi connectivity index (χ4n) is 3.86. The number of benzene rings is 1. The van der Waals surface area contributed by atoms with Gasteiger partial charge in [-0.25, -0.2) is 0 Å². The molecule has 0 aliphatic heterocycles. The molecule has 2 aliphatic rings. The molecule has 3 atom stereocenters. The van der Waals surface area contributed by atoms with Crippen LogP contribution in [0.5, 0.6) is 5.75 Å². The number of hydrogen-bond acceptors (Lipinski definition) is 3. The third kappa shape index (κ3) is 2.63. The minimum atomic E-state index is -1.88. The summed E-state index contributed by atoms with van der Waals surface area (Å²) in [6.07, 6.45) is 3.32. The number of Topliss-reactive ketones (excluding diaryl/α,β-unsaturated/α-hetero) is 2. The van der Waals surface area contributed by atoms with Gasteiger partial charge in [-0.3, -0.25) is 9.59 Å². The van der Waals surface area contributed by atoms with E-state index in [0.29, 0.717) is 22.3 Å². The number of carbonyl (C=O) groups excluding carboxylic acids is 2. The summed E-state index contributed by atoms with van der Waals surface area (Å²) < 4.78 is 0. The Balaban J connectivity index is 2.36. The zero-order valence-electron chi connectivity index (χ0n) is 14.6. The van der Waals surface area contributed by atoms with Crippen molar-refractivity contribution in [3.8, 4) is 5.75 Å². The number of allylic oxidation sites excluding steroid dienone is 5. The molecule has 3 nitrogen and oxygen atoms in total. The van der Waals surface area contributed by atoms with Crippen molar-refractivity contribution in [3.63, 3.8) is 0 Å². The van der Waals surface area contributed by atoms with Crippen molar-refractivity contribution in [2.24, 2.45) is 0 Å². The highest BCUT2D eigenvalue weighted by molar-refractivity contribution is 6.66. The molecule has 7 heteroatoms. The van der Waals surface area contributed by atoms with E-state index < -0.39 is 37.3 Å². The highest BCUT2D eigenvalue weighted by Gasteiger charge is 2.68. The molecule has 27 heavy (non-hydrogen) atoms. The first kappa shape index (κ1) is 20.5. The summed E-state index contributed by atoms with van der Waals surface area (Å²) >= 11 is 25.6. The van der Waals surface area contributed by atoms with Crippen LogP contribution in [-0.4, -0.2) is 26.4 Å². The molecule has 3 rings (SSSR count). The van der Waals surface area contributed by atoms with Crippen molar-refractivity contribution in [2.45, 2.75) is 35.9 Å². The van der Waals surface area contributed by atoms with E-state index in [1.807, 2.05) is 0 Å². The molecule has 2 aliphatic carbocycles. The highest BCUT2D eigenvalue weighted by atomic mass is 35.5. The van der Waals surface area contributed by atoms with Crippen LogP contribution in [0.25, 0.3) is 0 Å². The van der Waals surface area contributed by atoms with Gasteiger partial charge in [0.25, 0.3) is 0 Å². The lowest BCUT2D eigenvalue weighted by molar-refractivity contribution is -0.127. The first-order valence-electron chi connectivity index (χ1n) is 8.16. The number of halogens is 4. The van der Waals surface area contributed by atoms with E-state index in [4.69, 9.17) is 46.4 Å². The van der Waals surface area contributed by atoms with Gasteiger partial charge in [0.15, 0.2) is 11.6 Å². The molecule has 0 radical (unpaired) electrons. The van der Waals surface area contributed by atoms with Gasteiger partial charge in [-0.1, -0.05) is 54.1 Å². The lowest BCUT2D eigenvalue weighted by atomic mass is 9.62. The van der Waals surface area contributed by atoms with Crippen LogP contribution in [0.4, 0.5) is 0 Å². The lowest BCUT2D eigenvalue weighted by Gasteiger charge is -2.50. The maximum absolute atomic E-state index is 13.2. The smallest absolute Gasteiger partial charge is 0.199 e. The SMILES string of the molecule is C=CC1=CC[C@@]2(Cl)C(=O)C(Cl)=C(Cl)C(=O)[C@@]2(Cl)[C@H]1c1cc(C)c(O)c(C)c1. The first-order valence-corrected chi connectivity index (χ1v) is 9.67. The van der Waals surface area contributed by atoms with Gasteiger partial charge in [0.05, 0.1) is 0 Å². The van der Waals surface area contributed by atoms with E-state index in [-0.39, 0.29) is 12.2 Å². The molecular formula is C20H16Cl4O3. The number of phenols is 1. The number of ketones is 2. The molecule has 0 amide bonds. The normalized spacial score (nSPS) is 30.9. The van der Waals surface area contributed by atoms with Crippen LogP contribution in [0.1, 0.15) is 29.0 Å². The van der Waals surface area contributed by atoms with Crippen LogP contribution in [-0.2, 0) is 9.59 Å². The van der Waals surface area contributed by atoms with Crippen LogP contribution in [0, 0.1) is 13.8 Å². The molecule has 0 bridgehead atoms. The molecule has 0 fully saturated rings. The minimum absolute atomic E-state index is 0.0108. The fraction of sp³-hybridized carbons (Fsp3) is 0.300. The number of aryl methyl sites for hydroxylation is 2. The Morgan fingerprint density at radius 3 is 2.15 bits per heavy atom. The van der Waals surface area contributed by atoms with Gasteiger partial charge in [-0.05, 0) is 42.5 Å². The van der Waals surface area contributed by atoms with Crippen LogP contribution in [0.15, 0.2) is 46.5 Å². The lowest BCUT2D eigenvalue weighted by Crippen LogP contribution is -2.64. The number of phenolic OH excluding ortho intramolecular Hbond substituents is 1. The summed E-state index contributed by atoms with van der Waals surface area (Å²) in [6.45, 7) is 7.27. The van der Waals surface area contributed by atoms with E-state index in [1.54, 1.807) is 38.1 Å². The number of rotatable bonds is 2. The van der Waals surface area contributed by atoms with Gasteiger partial charge >= 0.3 is 0 Å². The molecule has 0 aromatic heterocycles. The summed E-state index contributed by atoms with van der Waals surface area (Å²) in [5, 5.41) is 9.29. The van der Waals surface area contributed by atoms with Crippen LogP contribution in [0.2, 0.25) is 0 Å². The highest BCUT2D eigenvalue weighted by Crippen LogP contribution is 2.59. The van der Waals surface area contributed by atoms with Crippen LogP contribution >= 0.6 is 46.4 Å². The zero-order valence-corrected chi connectivity index (χ0v) is 17.6. The monoisotopic (exact) mass is 444 g/mol. The van der Waals surface area contributed by atoms with E-state index >= 15 is 0 Å². The molecule has 0 heterocycles. The van der Waals surface area contributed by atoms with Gasteiger partial charge in [0.1, 0.15) is 25.6 Å². The summed E-state index contributed by atoms with van der Waals surface area (Å²) in [5.41, 5.74) is 2.48. The molecule has 142 valence electrons. The average Bonchev–Trinajstić information content (AvgIpc) is 2.64. The van der Waals surface area contributed by atoms with Gasteiger partial charge in [-0.15, -0.1) is 23.2 Å². The van der Waals surface area contributed by atoms with Crippen molar-refractivity contribution >= 4 is 58.0 Å². The second kappa shape index (κ2) is 6.66. The van der Waals surface area contributed by atoms with E-state index in [2.05, 4.69) is 6.58 Å². The maximum atomic E-state index is 13.2. The number of hydrogen-bond donors (Lipinski definition) is 1. The summed E-state index contributed by atoms with van der Waals surface area (Å²) in [6, 6.07) is 3.42. The van der Waals surface area contributed by atoms with E-state index in [0.717, 1.165) is 0 Å². The first-order chi connectivity index (χ1) is 12.5. The molecular weight excluding hydrogens is 430 g/mol. The van der Waals surface area contributed by atoms with Crippen molar-refractivity contribution in [3.05, 3.63) is 63.2 Å². The third-order valence-electron chi connectivity index (χ3n) is 5.29. The fourth-order valence-corrected chi connectivity index (χ4v) is 5.32. The van der Waals surface area contributed by atoms with Crippen molar-refractivity contribution in [1.29, 1.82) is 0 Å². The van der Waals surface area contributed by atoms with Gasteiger partial charge in [0, 0.05) is 5.92 Å². The second-order valence-electron chi connectivity index (χ2n) is 6.85. The number of fused-ring (bicyclic) bond motifs is 1. The predicted molar refractivity (Wildman–Crippen MR) is 109 cm³/mol. The molecule has 0 unspecified atom stereocenters. The van der Waals surface area contributed by atoms with E-state index in [9.17, 15) is 14.7 Å². The number of alkyl halides is 2. The zero-order chi connectivity index (χ0) is 20.3. The van der Waals surface area contributed by atoms with Crippen LogP contribution < -0.4 is 0 Å². The molecule has 1 N–H and O–H groups in total. The Labute approximate surface area is 177 Å². The summed E-state index contributed by atoms with van der Waals surface area (Å²) in [5.74, 6) is -2.03. The summed E-state index contributed by atoms with van der Waals surface area (Å²) in [4.78, 5) is 22.4. The Bertz CT molecular complexity index is 939. The standard InChI is InChI=1S/C20H16Cl4O3/c1-4-11-5-6-19(23)17(26)14(21)15(22)18(27)20(19,24)13(11)12-7-9(2)16(25)10(3)8-12/h4-5,7-8,13,25H,1,6H2,2-3H3/t13-,19-,20+/m1/s1. The maximum Gasteiger partial charge on any atom is 0.199 e. The third-order valence-corrected chi connectivity index (χ3v) is 7.54. The Morgan fingerprint density at radius 1 is 1.11 bits per heavy atom. The Hall–Kier alpha value is -1.26. The largest absolute Gasteiger partial charge is 0.507 e. The van der Waals surface area contributed by atoms with Crippen molar-refractivity contribution in [1.82, 2.24) is 0 Å². The topological polar surface area (TPSA) is 54.4 Å². The minimum Gasteiger partial charge on any atom is -0.507 e. The van der Waals surface area contributed by atoms with Crippen molar-refractivity contribution < 1.29 is 14.7 Å². The second-order valence-corrected chi connectivity index (χ2v) is 8.85. The number of aromatic hydroxyl groups is 1. The Morgan fingerprint density at radius 2 is 1.63 bits per heavy atom. The van der Waals surface area contributed by atoms with Crippen LogP contribution in [0.3, 0.4) is 0 Å². The quantitative estimate of drug-likeness (QED) is 0.619. The van der Waals surface area contributed by atoms with Gasteiger partial charge in [-0.2, -0.15) is 0 Å². The number of carbonyl (C=O) groups is 2. The molecule has 1 aromatic rings. The average molecular weight is 446 g/mol. The molecule has 0 saturated heterocycles. The van der Waals surface area contributed by atoms with E-state index in [1.165, 1.54) is 0 Å². The predicted octanol–water partition coefficient (Wildman–Crippen LogP) is 5.40. The van der Waals surface area contributed by atoms with Crippen molar-refractivity contribution in [2.75, 3.05) is 0 Å².